The van der Waals surface area contributed by atoms with Gasteiger partial charge in [0.1, 0.15) is 17.0 Å². The molecule has 1 aliphatic heterocycles. The first-order valence-corrected chi connectivity index (χ1v) is 10.5. The lowest BCUT2D eigenvalue weighted by Crippen LogP contribution is -2.44. The number of rotatable bonds is 6. The van der Waals surface area contributed by atoms with Gasteiger partial charge in [-0.3, -0.25) is 4.79 Å². The van der Waals surface area contributed by atoms with Crippen LogP contribution in [0, 0.1) is 6.92 Å². The third-order valence-corrected chi connectivity index (χ3v) is 5.03. The Labute approximate surface area is 196 Å². The van der Waals surface area contributed by atoms with Gasteiger partial charge in [0.15, 0.2) is 18.1 Å². The summed E-state index contributed by atoms with van der Waals surface area (Å²) in [7, 11) is 0. The van der Waals surface area contributed by atoms with Crippen molar-refractivity contribution in [2.75, 3.05) is 43.0 Å². The summed E-state index contributed by atoms with van der Waals surface area (Å²) < 4.78 is 45.9. The van der Waals surface area contributed by atoms with E-state index in [0.717, 1.165) is 38.3 Å². The van der Waals surface area contributed by atoms with E-state index in [9.17, 15) is 18.0 Å². The van der Waals surface area contributed by atoms with Crippen molar-refractivity contribution in [2.24, 2.45) is 0 Å². The average Bonchev–Trinajstić information content (AvgIpc) is 2.78. The number of fused-ring (bicyclic) bond motifs is 1. The number of hydrogen-bond donors (Lipinski definition) is 2. The summed E-state index contributed by atoms with van der Waals surface area (Å²) in [5.41, 5.74) is 1.47. The predicted molar refractivity (Wildman–Crippen MR) is 117 cm³/mol. The number of hydrogen-bond acceptors (Lipinski definition) is 9. The molecule has 0 atom stereocenters. The molecule has 0 radical (unpaired) electrons. The van der Waals surface area contributed by atoms with Crippen LogP contribution in [0.4, 0.5) is 24.9 Å². The van der Waals surface area contributed by atoms with Gasteiger partial charge in [-0.15, -0.1) is 13.2 Å². The van der Waals surface area contributed by atoms with Crippen molar-refractivity contribution >= 4 is 40.4 Å². The number of amides is 1. The minimum absolute atomic E-state index is 0.0145. The summed E-state index contributed by atoms with van der Waals surface area (Å²) in [5.74, 6) is -0.312. The summed E-state index contributed by atoms with van der Waals surface area (Å²) in [5, 5.41) is 5.66. The van der Waals surface area contributed by atoms with E-state index in [2.05, 4.69) is 40.2 Å². The Hall–Kier alpha value is -3.45. The second kappa shape index (κ2) is 9.81. The van der Waals surface area contributed by atoms with E-state index in [1.807, 2.05) is 0 Å². The number of carbonyl (C=O) groups excluding carboxylic acids is 1. The quantitative estimate of drug-likeness (QED) is 0.530. The predicted octanol–water partition coefficient (Wildman–Crippen LogP) is 2.71. The Bertz CT molecular complexity index is 1210. The summed E-state index contributed by atoms with van der Waals surface area (Å²) in [6.45, 7) is 4.58. The molecule has 180 valence electrons. The normalized spacial score (nSPS) is 14.2. The molecule has 0 spiro atoms. The fourth-order valence-corrected chi connectivity index (χ4v) is 3.44. The van der Waals surface area contributed by atoms with Gasteiger partial charge < -0.3 is 25.0 Å². The van der Waals surface area contributed by atoms with Crippen LogP contribution in [0.1, 0.15) is 5.69 Å². The second-order valence-corrected chi connectivity index (χ2v) is 7.66. The van der Waals surface area contributed by atoms with Crippen LogP contribution in [-0.4, -0.2) is 65.0 Å². The third kappa shape index (κ3) is 5.91. The lowest BCUT2D eigenvalue weighted by atomic mass is 10.3. The van der Waals surface area contributed by atoms with E-state index >= 15 is 0 Å². The number of piperazine rings is 1. The van der Waals surface area contributed by atoms with Crippen LogP contribution in [-0.2, 0) is 4.79 Å². The number of halogens is 4. The Balaban J connectivity index is 1.39. The van der Waals surface area contributed by atoms with E-state index < -0.39 is 24.6 Å². The van der Waals surface area contributed by atoms with Crippen LogP contribution in [0.25, 0.3) is 11.2 Å². The molecule has 3 heterocycles. The molecule has 0 aliphatic carbocycles. The van der Waals surface area contributed by atoms with Gasteiger partial charge in [-0.25, -0.2) is 15.0 Å². The number of nitrogens with one attached hydrogen (secondary N) is 2. The molecule has 1 aliphatic rings. The Morgan fingerprint density at radius 3 is 2.71 bits per heavy atom. The van der Waals surface area contributed by atoms with Gasteiger partial charge in [-0.1, -0.05) is 11.6 Å². The fraction of sp³-hybridized carbons (Fsp3) is 0.350. The fourth-order valence-electron chi connectivity index (χ4n) is 3.21. The molecule has 0 saturated carbocycles. The van der Waals surface area contributed by atoms with Crippen LogP contribution >= 0.6 is 11.6 Å². The van der Waals surface area contributed by atoms with Crippen molar-refractivity contribution in [1.29, 1.82) is 0 Å². The number of carbonyl (C=O) groups is 1. The first-order chi connectivity index (χ1) is 16.2. The third-order valence-electron chi connectivity index (χ3n) is 4.73. The SMILES string of the molecule is Cc1nc(N2CCNCC2)nc2ncc(NC(=O)COc3ccc(OC(F)(F)F)cc3Cl)nc12. The number of aryl methyl sites for hydroxylation is 1. The van der Waals surface area contributed by atoms with Crippen LogP contribution < -0.4 is 25.0 Å². The Kier molecular flexibility index (Phi) is 6.84. The van der Waals surface area contributed by atoms with Crippen molar-refractivity contribution in [3.63, 3.8) is 0 Å². The van der Waals surface area contributed by atoms with E-state index in [1.54, 1.807) is 6.92 Å². The van der Waals surface area contributed by atoms with Gasteiger partial charge in [0.05, 0.1) is 16.9 Å². The Morgan fingerprint density at radius 2 is 2.00 bits per heavy atom. The maximum absolute atomic E-state index is 12.3. The minimum Gasteiger partial charge on any atom is -0.482 e. The van der Waals surface area contributed by atoms with E-state index in [0.29, 0.717) is 22.8 Å². The maximum atomic E-state index is 12.3. The highest BCUT2D eigenvalue weighted by atomic mass is 35.5. The number of aromatic nitrogens is 4. The summed E-state index contributed by atoms with van der Waals surface area (Å²) >= 11 is 5.91. The number of alkyl halides is 3. The van der Waals surface area contributed by atoms with Gasteiger partial charge in [0.25, 0.3) is 5.91 Å². The molecule has 1 aromatic carbocycles. The highest BCUT2D eigenvalue weighted by molar-refractivity contribution is 6.32. The van der Waals surface area contributed by atoms with Crippen LogP contribution in [0.5, 0.6) is 11.5 Å². The molecule has 4 rings (SSSR count). The van der Waals surface area contributed by atoms with E-state index in [1.165, 1.54) is 12.3 Å². The molecule has 3 aromatic rings. The largest absolute Gasteiger partial charge is 0.573 e. The summed E-state index contributed by atoms with van der Waals surface area (Å²) in [6, 6.07) is 3.14. The van der Waals surface area contributed by atoms with E-state index in [-0.39, 0.29) is 16.6 Å². The average molecular weight is 498 g/mol. The van der Waals surface area contributed by atoms with Crippen molar-refractivity contribution in [2.45, 2.75) is 13.3 Å². The van der Waals surface area contributed by atoms with Gasteiger partial charge in [0, 0.05) is 32.2 Å². The minimum atomic E-state index is -4.84. The molecular weight excluding hydrogens is 479 g/mol. The van der Waals surface area contributed by atoms with Crippen LogP contribution in [0.15, 0.2) is 24.4 Å². The molecule has 1 amide bonds. The molecule has 1 fully saturated rings. The highest BCUT2D eigenvalue weighted by Crippen LogP contribution is 2.31. The Morgan fingerprint density at radius 1 is 1.24 bits per heavy atom. The topological polar surface area (TPSA) is 114 Å². The van der Waals surface area contributed by atoms with Crippen molar-refractivity contribution in [3.05, 3.63) is 35.1 Å². The lowest BCUT2D eigenvalue weighted by molar-refractivity contribution is -0.274. The lowest BCUT2D eigenvalue weighted by Gasteiger charge is -2.27. The smallest absolute Gasteiger partial charge is 0.482 e. The highest BCUT2D eigenvalue weighted by Gasteiger charge is 2.31. The van der Waals surface area contributed by atoms with Gasteiger partial charge >= 0.3 is 6.36 Å². The molecule has 0 unspecified atom stereocenters. The molecule has 2 N–H and O–H groups in total. The zero-order valence-corrected chi connectivity index (χ0v) is 18.6. The molecular formula is C20H19ClF3N7O3. The number of benzene rings is 1. The van der Waals surface area contributed by atoms with Crippen molar-refractivity contribution in [3.8, 4) is 11.5 Å². The molecule has 10 nitrogen and oxygen atoms in total. The van der Waals surface area contributed by atoms with Crippen LogP contribution in [0.3, 0.4) is 0 Å². The maximum Gasteiger partial charge on any atom is 0.573 e. The molecule has 0 bridgehead atoms. The number of anilines is 2. The number of nitrogens with zero attached hydrogens (tertiary/aromatic N) is 5. The second-order valence-electron chi connectivity index (χ2n) is 7.25. The first kappa shape index (κ1) is 23.7. The summed E-state index contributed by atoms with van der Waals surface area (Å²) in [6.07, 6.45) is -3.48. The zero-order chi connectivity index (χ0) is 24.3. The van der Waals surface area contributed by atoms with Crippen LogP contribution in [0.2, 0.25) is 5.02 Å². The van der Waals surface area contributed by atoms with Gasteiger partial charge in [-0.2, -0.15) is 4.98 Å². The van der Waals surface area contributed by atoms with Crippen molar-refractivity contribution in [1.82, 2.24) is 25.3 Å². The molecule has 1 saturated heterocycles. The number of ether oxygens (including phenoxy) is 2. The first-order valence-electron chi connectivity index (χ1n) is 10.1. The standard InChI is InChI=1S/C20H19ClF3N7O3/c1-11-17-18(30-19(27-11)31-6-4-25-5-7-31)26-9-15(29-17)28-16(32)10-33-14-3-2-12(8-13(14)21)34-20(22,23)24/h2-3,8-9,25H,4-7,10H2,1H3,(H,28,29,32). The molecule has 2 aromatic heterocycles. The molecule has 14 heteroatoms. The van der Waals surface area contributed by atoms with Crippen molar-refractivity contribution < 1.29 is 27.4 Å². The summed E-state index contributed by atoms with van der Waals surface area (Å²) in [4.78, 5) is 32.0. The van der Waals surface area contributed by atoms with Gasteiger partial charge in [0.2, 0.25) is 5.95 Å². The zero-order valence-electron chi connectivity index (χ0n) is 17.8. The van der Waals surface area contributed by atoms with Gasteiger partial charge in [-0.05, 0) is 19.1 Å². The van der Waals surface area contributed by atoms with E-state index in [4.69, 9.17) is 16.3 Å². The monoisotopic (exact) mass is 497 g/mol. The molecule has 34 heavy (non-hydrogen) atoms.